The van der Waals surface area contributed by atoms with Crippen molar-refractivity contribution in [2.24, 2.45) is 5.92 Å². The minimum Gasteiger partial charge on any atom is -0.464 e. The highest BCUT2D eigenvalue weighted by Crippen LogP contribution is 2.25. The van der Waals surface area contributed by atoms with Gasteiger partial charge in [-0.25, -0.2) is 0 Å². The molecule has 0 spiro atoms. The zero-order valence-electron chi connectivity index (χ0n) is 8.04. The molecule has 76 valence electrons. The Bertz CT molecular complexity index is 158. The number of hydrogen-bond acceptors (Lipinski definition) is 4. The molecule has 0 aromatic carbocycles. The highest BCUT2D eigenvalue weighted by atomic mass is 32.2. The van der Waals surface area contributed by atoms with Gasteiger partial charge in [0.1, 0.15) is 6.61 Å². The van der Waals surface area contributed by atoms with Crippen molar-refractivity contribution in [2.45, 2.75) is 25.7 Å². The summed E-state index contributed by atoms with van der Waals surface area (Å²) in [6.45, 7) is 1.23. The van der Waals surface area contributed by atoms with Crippen LogP contribution in [0.3, 0.4) is 0 Å². The number of rotatable bonds is 5. The SMILES string of the molecule is CSNCCOC(=O)C1CCCC1. The van der Waals surface area contributed by atoms with Gasteiger partial charge in [-0.3, -0.25) is 9.52 Å². The second kappa shape index (κ2) is 6.27. The van der Waals surface area contributed by atoms with Crippen LogP contribution in [-0.2, 0) is 9.53 Å². The molecule has 0 unspecified atom stereocenters. The quantitative estimate of drug-likeness (QED) is 0.418. The summed E-state index contributed by atoms with van der Waals surface area (Å²) >= 11 is 1.54. The highest BCUT2D eigenvalue weighted by Gasteiger charge is 2.23. The molecule has 0 heterocycles. The minimum absolute atomic E-state index is 0.000373. The molecular formula is C9H17NO2S. The largest absolute Gasteiger partial charge is 0.464 e. The fourth-order valence-electron chi connectivity index (χ4n) is 1.57. The zero-order valence-corrected chi connectivity index (χ0v) is 8.86. The molecule has 0 bridgehead atoms. The summed E-state index contributed by atoms with van der Waals surface area (Å²) in [7, 11) is 0. The van der Waals surface area contributed by atoms with Gasteiger partial charge in [-0.1, -0.05) is 24.8 Å². The molecule has 3 nitrogen and oxygen atoms in total. The molecule has 0 saturated heterocycles. The van der Waals surface area contributed by atoms with E-state index in [0.717, 1.165) is 19.4 Å². The van der Waals surface area contributed by atoms with Gasteiger partial charge in [0.25, 0.3) is 0 Å². The van der Waals surface area contributed by atoms with Crippen molar-refractivity contribution >= 4 is 17.9 Å². The Hall–Kier alpha value is -0.220. The average Bonchev–Trinajstić information content (AvgIpc) is 2.65. The molecule has 1 saturated carbocycles. The van der Waals surface area contributed by atoms with E-state index in [-0.39, 0.29) is 11.9 Å². The summed E-state index contributed by atoms with van der Waals surface area (Å²) in [4.78, 5) is 11.4. The van der Waals surface area contributed by atoms with Crippen LogP contribution >= 0.6 is 11.9 Å². The summed E-state index contributed by atoms with van der Waals surface area (Å²) in [5.74, 6) is 0.190. The number of nitrogens with one attached hydrogen (secondary N) is 1. The predicted molar refractivity (Wildman–Crippen MR) is 54.4 cm³/mol. The van der Waals surface area contributed by atoms with Gasteiger partial charge in [0.2, 0.25) is 0 Å². The van der Waals surface area contributed by atoms with Gasteiger partial charge in [-0.05, 0) is 19.1 Å². The summed E-state index contributed by atoms with van der Waals surface area (Å²) in [5, 5.41) is 0. The van der Waals surface area contributed by atoms with Crippen LogP contribution < -0.4 is 4.72 Å². The Morgan fingerprint density at radius 3 is 2.85 bits per heavy atom. The van der Waals surface area contributed by atoms with Crippen molar-refractivity contribution in [2.75, 3.05) is 19.4 Å². The van der Waals surface area contributed by atoms with E-state index in [1.807, 2.05) is 6.26 Å². The molecule has 1 N–H and O–H groups in total. The van der Waals surface area contributed by atoms with Gasteiger partial charge >= 0.3 is 5.97 Å². The normalized spacial score (nSPS) is 17.6. The topological polar surface area (TPSA) is 38.3 Å². The van der Waals surface area contributed by atoms with E-state index in [2.05, 4.69) is 4.72 Å². The first-order valence-corrected chi connectivity index (χ1v) is 5.99. The van der Waals surface area contributed by atoms with Crippen molar-refractivity contribution in [1.29, 1.82) is 0 Å². The van der Waals surface area contributed by atoms with Gasteiger partial charge in [-0.15, -0.1) is 0 Å². The number of carbonyl (C=O) groups is 1. The third-order valence-electron chi connectivity index (χ3n) is 2.28. The summed E-state index contributed by atoms with van der Waals surface area (Å²) in [6, 6.07) is 0. The number of carbonyl (C=O) groups excluding carboxylic acids is 1. The van der Waals surface area contributed by atoms with Gasteiger partial charge in [0.15, 0.2) is 0 Å². The molecule has 1 fully saturated rings. The first-order valence-electron chi connectivity index (χ1n) is 4.77. The Balaban J connectivity index is 2.03. The lowest BCUT2D eigenvalue weighted by Gasteiger charge is -2.09. The van der Waals surface area contributed by atoms with Crippen LogP contribution in [0.1, 0.15) is 25.7 Å². The van der Waals surface area contributed by atoms with Crippen LogP contribution in [0.5, 0.6) is 0 Å². The van der Waals surface area contributed by atoms with Gasteiger partial charge < -0.3 is 4.74 Å². The zero-order chi connectivity index (χ0) is 9.52. The molecule has 0 atom stereocenters. The maximum absolute atomic E-state index is 11.4. The van der Waals surface area contributed by atoms with Crippen molar-refractivity contribution < 1.29 is 9.53 Å². The van der Waals surface area contributed by atoms with Crippen molar-refractivity contribution in [3.8, 4) is 0 Å². The fourth-order valence-corrected chi connectivity index (χ4v) is 1.86. The molecule has 4 heteroatoms. The Kier molecular flexibility index (Phi) is 5.23. The smallest absolute Gasteiger partial charge is 0.308 e. The summed E-state index contributed by atoms with van der Waals surface area (Å²) in [5.41, 5.74) is 0. The lowest BCUT2D eigenvalue weighted by atomic mass is 10.1. The lowest BCUT2D eigenvalue weighted by molar-refractivity contribution is -0.148. The fraction of sp³-hybridized carbons (Fsp3) is 0.889. The Morgan fingerprint density at radius 1 is 1.54 bits per heavy atom. The lowest BCUT2D eigenvalue weighted by Crippen LogP contribution is -2.20. The average molecular weight is 203 g/mol. The maximum Gasteiger partial charge on any atom is 0.308 e. The molecular weight excluding hydrogens is 186 g/mol. The minimum atomic E-state index is 0.000373. The Labute approximate surface area is 83.7 Å². The standard InChI is InChI=1S/C9H17NO2S/c1-13-10-6-7-12-9(11)8-4-2-3-5-8/h8,10H,2-7H2,1H3. The number of ether oxygens (including phenoxy) is 1. The van der Waals surface area contributed by atoms with Crippen LogP contribution in [0.15, 0.2) is 0 Å². The molecule has 0 amide bonds. The van der Waals surface area contributed by atoms with E-state index in [0.29, 0.717) is 6.61 Å². The van der Waals surface area contributed by atoms with Crippen LogP contribution in [0.4, 0.5) is 0 Å². The van der Waals surface area contributed by atoms with Gasteiger partial charge in [-0.2, -0.15) is 0 Å². The van der Waals surface area contributed by atoms with E-state index >= 15 is 0 Å². The van der Waals surface area contributed by atoms with E-state index in [4.69, 9.17) is 4.74 Å². The number of esters is 1. The van der Waals surface area contributed by atoms with Crippen LogP contribution in [0.2, 0.25) is 0 Å². The molecule has 13 heavy (non-hydrogen) atoms. The van der Waals surface area contributed by atoms with Crippen LogP contribution in [0.25, 0.3) is 0 Å². The first kappa shape index (κ1) is 10.9. The summed E-state index contributed by atoms with van der Waals surface area (Å²) < 4.78 is 8.15. The molecule has 1 aliphatic carbocycles. The van der Waals surface area contributed by atoms with Crippen LogP contribution in [0, 0.1) is 5.92 Å². The van der Waals surface area contributed by atoms with E-state index < -0.39 is 0 Å². The molecule has 0 aliphatic heterocycles. The molecule has 1 rings (SSSR count). The van der Waals surface area contributed by atoms with Gasteiger partial charge in [0, 0.05) is 6.54 Å². The van der Waals surface area contributed by atoms with Crippen molar-refractivity contribution in [3.63, 3.8) is 0 Å². The molecule has 0 radical (unpaired) electrons. The summed E-state index contributed by atoms with van der Waals surface area (Å²) in [6.07, 6.45) is 6.37. The van der Waals surface area contributed by atoms with Crippen molar-refractivity contribution in [1.82, 2.24) is 4.72 Å². The van der Waals surface area contributed by atoms with E-state index in [9.17, 15) is 4.79 Å². The van der Waals surface area contributed by atoms with E-state index in [1.165, 1.54) is 12.8 Å². The monoisotopic (exact) mass is 203 g/mol. The maximum atomic E-state index is 11.4. The third-order valence-corrected chi connectivity index (χ3v) is 2.77. The predicted octanol–water partition coefficient (Wildman–Crippen LogP) is 1.59. The molecule has 0 aromatic rings. The first-order chi connectivity index (χ1) is 6.34. The second-order valence-corrected chi connectivity index (χ2v) is 3.94. The van der Waals surface area contributed by atoms with Crippen LogP contribution in [-0.4, -0.2) is 25.4 Å². The van der Waals surface area contributed by atoms with E-state index in [1.54, 1.807) is 11.9 Å². The van der Waals surface area contributed by atoms with Crippen molar-refractivity contribution in [3.05, 3.63) is 0 Å². The molecule has 0 aromatic heterocycles. The van der Waals surface area contributed by atoms with Gasteiger partial charge in [0.05, 0.1) is 5.92 Å². The Morgan fingerprint density at radius 2 is 2.23 bits per heavy atom. The molecule has 1 aliphatic rings. The second-order valence-electron chi connectivity index (χ2n) is 3.25. The highest BCUT2D eigenvalue weighted by molar-refractivity contribution is 7.96. The number of hydrogen-bond donors (Lipinski definition) is 1. The third kappa shape index (κ3) is 4.00.